The van der Waals surface area contributed by atoms with Crippen molar-refractivity contribution in [2.75, 3.05) is 11.9 Å². The van der Waals surface area contributed by atoms with Gasteiger partial charge < -0.3 is 10.1 Å². The van der Waals surface area contributed by atoms with Gasteiger partial charge in [0.05, 0.1) is 17.1 Å². The molecule has 0 fully saturated rings. The Morgan fingerprint density at radius 3 is 2.63 bits per heavy atom. The van der Waals surface area contributed by atoms with Crippen LogP contribution in [0.2, 0.25) is 0 Å². The van der Waals surface area contributed by atoms with Gasteiger partial charge in [0.1, 0.15) is 11.4 Å². The van der Waals surface area contributed by atoms with Gasteiger partial charge in [0.15, 0.2) is 5.11 Å². The number of nitrogens with one attached hydrogen (secondary N) is 2. The van der Waals surface area contributed by atoms with Crippen LogP contribution >= 0.6 is 12.2 Å². The lowest BCUT2D eigenvalue weighted by molar-refractivity contribution is -0.383. The Hall–Kier alpha value is -3.00. The van der Waals surface area contributed by atoms with Crippen LogP contribution in [-0.2, 0) is 0 Å². The molecular formula is C19H21N3O4S. The lowest BCUT2D eigenvalue weighted by Crippen LogP contribution is -2.34. The fraction of sp³-hybridized carbons (Fsp3) is 0.263. The maximum Gasteiger partial charge on any atom is 0.292 e. The average molecular weight is 387 g/mol. The summed E-state index contributed by atoms with van der Waals surface area (Å²) in [6.07, 6.45) is 0. The van der Waals surface area contributed by atoms with Crippen molar-refractivity contribution in [1.29, 1.82) is 0 Å². The first-order chi connectivity index (χ1) is 12.8. The van der Waals surface area contributed by atoms with E-state index < -0.39 is 10.8 Å². The Morgan fingerprint density at radius 2 is 1.96 bits per heavy atom. The molecule has 0 heterocycles. The van der Waals surface area contributed by atoms with Crippen LogP contribution in [0.15, 0.2) is 42.5 Å². The zero-order chi connectivity index (χ0) is 20.0. The van der Waals surface area contributed by atoms with Crippen LogP contribution in [-0.4, -0.2) is 22.5 Å². The maximum absolute atomic E-state index is 12.5. The summed E-state index contributed by atoms with van der Waals surface area (Å²) in [6.45, 7) is 6.25. The largest absolute Gasteiger partial charge is 0.492 e. The molecule has 0 aliphatic carbocycles. The molecule has 2 rings (SSSR count). The minimum atomic E-state index is -0.505. The number of hydrogen-bond acceptors (Lipinski definition) is 5. The molecule has 0 radical (unpaired) electrons. The van der Waals surface area contributed by atoms with Gasteiger partial charge in [-0.15, -0.1) is 0 Å². The molecule has 0 aliphatic heterocycles. The number of benzene rings is 2. The van der Waals surface area contributed by atoms with E-state index in [1.807, 2.05) is 13.8 Å². The van der Waals surface area contributed by atoms with Crippen molar-refractivity contribution in [3.05, 3.63) is 63.7 Å². The van der Waals surface area contributed by atoms with E-state index in [2.05, 4.69) is 10.6 Å². The third kappa shape index (κ3) is 5.75. The third-order valence-electron chi connectivity index (χ3n) is 3.53. The summed E-state index contributed by atoms with van der Waals surface area (Å²) in [4.78, 5) is 23.2. The second kappa shape index (κ2) is 9.09. The van der Waals surface area contributed by atoms with E-state index in [1.165, 1.54) is 6.07 Å². The second-order valence-electron chi connectivity index (χ2n) is 6.39. The van der Waals surface area contributed by atoms with Gasteiger partial charge in [-0.1, -0.05) is 32.0 Å². The lowest BCUT2D eigenvalue weighted by Gasteiger charge is -2.14. The number of para-hydroxylation sites is 1. The van der Waals surface area contributed by atoms with Gasteiger partial charge in [-0.05, 0) is 48.8 Å². The van der Waals surface area contributed by atoms with E-state index in [0.717, 1.165) is 5.56 Å². The topological polar surface area (TPSA) is 93.5 Å². The number of carbonyl (C=O) groups excluding carboxylic acids is 1. The minimum absolute atomic E-state index is 0.0365. The summed E-state index contributed by atoms with van der Waals surface area (Å²) in [5.41, 5.74) is 1.17. The summed E-state index contributed by atoms with van der Waals surface area (Å²) in [7, 11) is 0. The first-order valence-electron chi connectivity index (χ1n) is 8.37. The summed E-state index contributed by atoms with van der Waals surface area (Å²) in [5, 5.41) is 16.4. The standard InChI is InChI=1S/C19H21N3O4S/c1-12(2)11-26-17-7-5-4-6-14(17)18(23)21-19(27)20-15-9-8-13(3)10-16(15)22(24)25/h4-10,12H,11H2,1-3H3,(H2,20,21,23,27). The molecule has 2 N–H and O–H groups in total. The van der Waals surface area contributed by atoms with Crippen molar-refractivity contribution in [3.8, 4) is 5.75 Å². The quantitative estimate of drug-likeness (QED) is 0.441. The Morgan fingerprint density at radius 1 is 1.26 bits per heavy atom. The highest BCUT2D eigenvalue weighted by atomic mass is 32.1. The smallest absolute Gasteiger partial charge is 0.292 e. The first kappa shape index (κ1) is 20.3. The van der Waals surface area contributed by atoms with Crippen molar-refractivity contribution in [2.45, 2.75) is 20.8 Å². The first-order valence-corrected chi connectivity index (χ1v) is 8.78. The Bertz CT molecular complexity index is 868. The summed E-state index contributed by atoms with van der Waals surface area (Å²) in [6, 6.07) is 11.5. The van der Waals surface area contributed by atoms with Crippen LogP contribution in [0.25, 0.3) is 0 Å². The van der Waals surface area contributed by atoms with Gasteiger partial charge in [0.2, 0.25) is 0 Å². The van der Waals surface area contributed by atoms with Crippen LogP contribution in [0, 0.1) is 23.0 Å². The van der Waals surface area contributed by atoms with Crippen LogP contribution in [0.3, 0.4) is 0 Å². The number of amides is 1. The molecule has 0 aliphatic rings. The lowest BCUT2D eigenvalue weighted by atomic mass is 10.2. The minimum Gasteiger partial charge on any atom is -0.492 e. The van der Waals surface area contributed by atoms with Crippen LogP contribution in [0.5, 0.6) is 5.75 Å². The number of carbonyl (C=O) groups is 1. The summed E-state index contributed by atoms with van der Waals surface area (Å²) in [5.74, 6) is 0.306. The summed E-state index contributed by atoms with van der Waals surface area (Å²) >= 11 is 5.13. The normalized spacial score (nSPS) is 10.4. The van der Waals surface area contributed by atoms with Crippen molar-refractivity contribution in [2.24, 2.45) is 5.92 Å². The zero-order valence-corrected chi connectivity index (χ0v) is 16.1. The molecule has 1 amide bonds. The number of nitrogens with zero attached hydrogens (tertiary/aromatic N) is 1. The second-order valence-corrected chi connectivity index (χ2v) is 6.80. The monoisotopic (exact) mass is 387 g/mol. The SMILES string of the molecule is Cc1ccc(NC(=S)NC(=O)c2ccccc2OCC(C)C)c([N+](=O)[O-])c1. The number of nitro groups is 1. The molecule has 0 saturated carbocycles. The van der Waals surface area contributed by atoms with E-state index in [9.17, 15) is 14.9 Å². The average Bonchev–Trinajstić information content (AvgIpc) is 2.61. The molecule has 0 unspecified atom stereocenters. The highest BCUT2D eigenvalue weighted by Gasteiger charge is 2.17. The van der Waals surface area contributed by atoms with E-state index in [-0.39, 0.29) is 16.5 Å². The fourth-order valence-electron chi connectivity index (χ4n) is 2.26. The molecule has 2 aromatic carbocycles. The maximum atomic E-state index is 12.5. The molecule has 0 bridgehead atoms. The van der Waals surface area contributed by atoms with Crippen molar-refractivity contribution in [3.63, 3.8) is 0 Å². The molecule has 2 aromatic rings. The predicted octanol–water partition coefficient (Wildman–Crippen LogP) is 4.06. The molecule has 8 heteroatoms. The number of ether oxygens (including phenoxy) is 1. The number of rotatable bonds is 6. The number of thiocarbonyl (C=S) groups is 1. The molecule has 0 aromatic heterocycles. The van der Waals surface area contributed by atoms with E-state index in [4.69, 9.17) is 17.0 Å². The Labute approximate surface area is 162 Å². The van der Waals surface area contributed by atoms with Crippen molar-refractivity contribution in [1.82, 2.24) is 5.32 Å². The van der Waals surface area contributed by atoms with E-state index >= 15 is 0 Å². The third-order valence-corrected chi connectivity index (χ3v) is 3.73. The highest BCUT2D eigenvalue weighted by Crippen LogP contribution is 2.25. The molecule has 0 spiro atoms. The van der Waals surface area contributed by atoms with Gasteiger partial charge in [0, 0.05) is 6.07 Å². The van der Waals surface area contributed by atoms with Gasteiger partial charge in [-0.3, -0.25) is 20.2 Å². The van der Waals surface area contributed by atoms with Gasteiger partial charge >= 0.3 is 0 Å². The molecule has 7 nitrogen and oxygen atoms in total. The fourth-order valence-corrected chi connectivity index (χ4v) is 2.46. The van der Waals surface area contributed by atoms with Gasteiger partial charge in [-0.2, -0.15) is 0 Å². The number of nitro benzene ring substituents is 1. The molecule has 27 heavy (non-hydrogen) atoms. The van der Waals surface area contributed by atoms with Crippen molar-refractivity contribution >= 4 is 34.6 Å². The molecule has 0 atom stereocenters. The molecule has 0 saturated heterocycles. The Kier molecular flexibility index (Phi) is 6.84. The van der Waals surface area contributed by atoms with Crippen LogP contribution in [0.4, 0.5) is 11.4 Å². The number of aryl methyl sites for hydroxylation is 1. The van der Waals surface area contributed by atoms with Gasteiger partial charge in [-0.25, -0.2) is 0 Å². The van der Waals surface area contributed by atoms with Crippen LogP contribution < -0.4 is 15.4 Å². The van der Waals surface area contributed by atoms with Gasteiger partial charge in [0.25, 0.3) is 11.6 Å². The van der Waals surface area contributed by atoms with E-state index in [0.29, 0.717) is 23.8 Å². The van der Waals surface area contributed by atoms with Crippen molar-refractivity contribution < 1.29 is 14.5 Å². The molecular weight excluding hydrogens is 366 g/mol. The zero-order valence-electron chi connectivity index (χ0n) is 15.3. The number of anilines is 1. The predicted molar refractivity (Wildman–Crippen MR) is 108 cm³/mol. The molecule has 142 valence electrons. The number of hydrogen-bond donors (Lipinski definition) is 2. The summed E-state index contributed by atoms with van der Waals surface area (Å²) < 4.78 is 5.67. The van der Waals surface area contributed by atoms with Crippen LogP contribution in [0.1, 0.15) is 29.8 Å². The Balaban J connectivity index is 2.11. The highest BCUT2D eigenvalue weighted by molar-refractivity contribution is 7.80. The van der Waals surface area contributed by atoms with E-state index in [1.54, 1.807) is 43.3 Å².